The van der Waals surface area contributed by atoms with Gasteiger partial charge in [0.25, 0.3) is 5.56 Å². The Morgan fingerprint density at radius 2 is 1.79 bits per heavy atom. The molecule has 2 amide bonds. The van der Waals surface area contributed by atoms with Crippen LogP contribution in [0.1, 0.15) is 11.3 Å². The van der Waals surface area contributed by atoms with E-state index in [1.54, 1.807) is 18.2 Å². The fourth-order valence-corrected chi connectivity index (χ4v) is 4.23. The van der Waals surface area contributed by atoms with E-state index in [0.717, 1.165) is 26.7 Å². The van der Waals surface area contributed by atoms with Gasteiger partial charge in [-0.2, -0.15) is 5.10 Å². The summed E-state index contributed by atoms with van der Waals surface area (Å²) in [5, 5.41) is 10.8. The van der Waals surface area contributed by atoms with Crippen molar-refractivity contribution < 1.29 is 9.18 Å². The molecule has 0 saturated carbocycles. The van der Waals surface area contributed by atoms with Crippen molar-refractivity contribution in [2.24, 2.45) is 0 Å². The van der Waals surface area contributed by atoms with E-state index in [-0.39, 0.29) is 37.0 Å². The molecule has 2 N–H and O–H groups in total. The third-order valence-electron chi connectivity index (χ3n) is 4.89. The molecule has 4 aromatic rings. The molecule has 0 bridgehead atoms. The molecule has 0 aliphatic carbocycles. The molecule has 0 aliphatic heterocycles. The molecule has 2 aromatic heterocycles. The molecule has 9 heteroatoms. The van der Waals surface area contributed by atoms with Gasteiger partial charge in [-0.15, -0.1) is 11.3 Å². The van der Waals surface area contributed by atoms with Crippen LogP contribution in [0.25, 0.3) is 21.1 Å². The number of aryl methyl sites for hydroxylation is 1. The van der Waals surface area contributed by atoms with E-state index in [4.69, 9.17) is 0 Å². The highest BCUT2D eigenvalue weighted by Crippen LogP contribution is 2.33. The molecule has 0 fully saturated rings. The van der Waals surface area contributed by atoms with E-state index in [0.29, 0.717) is 5.69 Å². The predicted molar refractivity (Wildman–Crippen MR) is 126 cm³/mol. The molecule has 168 valence electrons. The Labute approximate surface area is 193 Å². The lowest BCUT2D eigenvalue weighted by atomic mass is 10.2. The predicted octanol–water partition coefficient (Wildman–Crippen LogP) is 3.98. The summed E-state index contributed by atoms with van der Waals surface area (Å²) in [6.07, 6.45) is 0. The molecule has 33 heavy (non-hydrogen) atoms. The fraction of sp³-hybridized carbons (Fsp3) is 0.167. The third kappa shape index (κ3) is 5.69. The minimum Gasteiger partial charge on any atom is -0.336 e. The number of carbonyl (C=O) groups excluding carboxylic acids is 1. The zero-order chi connectivity index (χ0) is 23.2. The zero-order valence-electron chi connectivity index (χ0n) is 17.9. The Morgan fingerprint density at radius 3 is 2.55 bits per heavy atom. The van der Waals surface area contributed by atoms with Gasteiger partial charge >= 0.3 is 6.03 Å². The molecule has 2 aromatic carbocycles. The normalized spacial score (nSPS) is 10.7. The Morgan fingerprint density at radius 1 is 1.03 bits per heavy atom. The van der Waals surface area contributed by atoms with Gasteiger partial charge in [0.15, 0.2) is 0 Å². The van der Waals surface area contributed by atoms with Gasteiger partial charge in [0.2, 0.25) is 0 Å². The minimum absolute atomic E-state index is 0.222. The summed E-state index contributed by atoms with van der Waals surface area (Å²) < 4.78 is 14.3. The fourth-order valence-electron chi connectivity index (χ4n) is 3.19. The zero-order valence-corrected chi connectivity index (χ0v) is 18.7. The van der Waals surface area contributed by atoms with Gasteiger partial charge in [-0.3, -0.25) is 4.79 Å². The Hall–Kier alpha value is -3.85. The number of urea groups is 1. The number of rotatable bonds is 7. The van der Waals surface area contributed by atoms with Gasteiger partial charge < -0.3 is 10.6 Å². The first kappa shape index (κ1) is 22.3. The molecule has 0 spiro atoms. The number of amides is 2. The van der Waals surface area contributed by atoms with E-state index in [1.807, 2.05) is 37.3 Å². The van der Waals surface area contributed by atoms with Crippen molar-refractivity contribution >= 4 is 17.4 Å². The average molecular weight is 464 g/mol. The molecule has 2 heterocycles. The van der Waals surface area contributed by atoms with Gasteiger partial charge in [-0.25, -0.2) is 18.9 Å². The van der Waals surface area contributed by atoms with E-state index < -0.39 is 0 Å². The van der Waals surface area contributed by atoms with Crippen molar-refractivity contribution in [2.45, 2.75) is 20.0 Å². The SMILES string of the molecule is Cc1nc(-c2ccccc2)sc1-c1ccc(=O)n(CCNC(=O)NCc2ccc(F)cc2)n1. The summed E-state index contributed by atoms with van der Waals surface area (Å²) in [5.41, 5.74) is 3.06. The highest BCUT2D eigenvalue weighted by Gasteiger charge is 2.13. The van der Waals surface area contributed by atoms with Crippen LogP contribution in [0, 0.1) is 12.7 Å². The van der Waals surface area contributed by atoms with Crippen LogP contribution in [-0.4, -0.2) is 27.3 Å². The summed E-state index contributed by atoms with van der Waals surface area (Å²) in [6.45, 7) is 2.64. The molecule has 7 nitrogen and oxygen atoms in total. The maximum atomic E-state index is 12.9. The number of carbonyl (C=O) groups is 1. The number of hydrogen-bond acceptors (Lipinski definition) is 5. The van der Waals surface area contributed by atoms with Crippen molar-refractivity contribution in [1.82, 2.24) is 25.4 Å². The van der Waals surface area contributed by atoms with Crippen LogP contribution in [0.15, 0.2) is 71.5 Å². The third-order valence-corrected chi connectivity index (χ3v) is 6.12. The van der Waals surface area contributed by atoms with Crippen LogP contribution in [-0.2, 0) is 13.1 Å². The van der Waals surface area contributed by atoms with E-state index in [1.165, 1.54) is 34.2 Å². The van der Waals surface area contributed by atoms with Gasteiger partial charge in [0, 0.05) is 24.7 Å². The topological polar surface area (TPSA) is 88.9 Å². The highest BCUT2D eigenvalue weighted by molar-refractivity contribution is 7.18. The van der Waals surface area contributed by atoms with E-state index in [9.17, 15) is 14.0 Å². The highest BCUT2D eigenvalue weighted by atomic mass is 32.1. The Kier molecular flexibility index (Phi) is 6.89. The van der Waals surface area contributed by atoms with Crippen LogP contribution in [0.4, 0.5) is 9.18 Å². The Bertz CT molecular complexity index is 1300. The lowest BCUT2D eigenvalue weighted by Crippen LogP contribution is -2.38. The monoisotopic (exact) mass is 463 g/mol. The number of hydrogen-bond donors (Lipinski definition) is 2. The first-order valence-electron chi connectivity index (χ1n) is 10.4. The minimum atomic E-state index is -0.380. The maximum Gasteiger partial charge on any atom is 0.315 e. The molecule has 0 atom stereocenters. The van der Waals surface area contributed by atoms with E-state index in [2.05, 4.69) is 20.7 Å². The smallest absolute Gasteiger partial charge is 0.315 e. The molecule has 0 aliphatic rings. The maximum absolute atomic E-state index is 12.9. The van der Waals surface area contributed by atoms with Crippen molar-refractivity contribution in [3.8, 4) is 21.1 Å². The number of benzene rings is 2. The summed E-state index contributed by atoms with van der Waals surface area (Å²) in [5.74, 6) is -0.326. The van der Waals surface area contributed by atoms with Crippen molar-refractivity contribution in [3.63, 3.8) is 0 Å². The molecule has 0 radical (unpaired) electrons. The number of thiazole rings is 1. The number of halogens is 1. The summed E-state index contributed by atoms with van der Waals surface area (Å²) in [6, 6.07) is 18.6. The lowest BCUT2D eigenvalue weighted by Gasteiger charge is -2.09. The number of nitrogens with zero attached hydrogens (tertiary/aromatic N) is 3. The molecule has 0 unspecified atom stereocenters. The summed E-state index contributed by atoms with van der Waals surface area (Å²) >= 11 is 1.52. The van der Waals surface area contributed by atoms with E-state index >= 15 is 0 Å². The van der Waals surface area contributed by atoms with Crippen LogP contribution < -0.4 is 16.2 Å². The van der Waals surface area contributed by atoms with Crippen molar-refractivity contribution in [1.29, 1.82) is 0 Å². The Balaban J connectivity index is 1.38. The first-order valence-corrected chi connectivity index (χ1v) is 11.2. The molecular weight excluding hydrogens is 441 g/mol. The van der Waals surface area contributed by atoms with Gasteiger partial charge in [-0.1, -0.05) is 42.5 Å². The average Bonchev–Trinajstić information content (AvgIpc) is 3.22. The largest absolute Gasteiger partial charge is 0.336 e. The van der Waals surface area contributed by atoms with Gasteiger partial charge in [-0.05, 0) is 30.7 Å². The number of aromatic nitrogens is 3. The molecular formula is C24H22FN5O2S. The second kappa shape index (κ2) is 10.2. The summed E-state index contributed by atoms with van der Waals surface area (Å²) in [4.78, 5) is 29.8. The van der Waals surface area contributed by atoms with Crippen LogP contribution in [0.2, 0.25) is 0 Å². The van der Waals surface area contributed by atoms with Crippen LogP contribution >= 0.6 is 11.3 Å². The second-order valence-corrected chi connectivity index (χ2v) is 8.31. The second-order valence-electron chi connectivity index (χ2n) is 7.32. The number of nitrogens with one attached hydrogen (secondary N) is 2. The van der Waals surface area contributed by atoms with Crippen LogP contribution in [0.5, 0.6) is 0 Å². The summed E-state index contributed by atoms with van der Waals surface area (Å²) in [7, 11) is 0. The standard InChI is InChI=1S/C24H22FN5O2S/c1-16-22(33-23(28-16)18-5-3-2-4-6-18)20-11-12-21(31)30(29-20)14-13-26-24(32)27-15-17-7-9-19(25)10-8-17/h2-12H,13-15H2,1H3,(H2,26,27,32). The first-order chi connectivity index (χ1) is 16.0. The van der Waals surface area contributed by atoms with Gasteiger partial charge in [0.05, 0.1) is 17.1 Å². The quantitative estimate of drug-likeness (QED) is 0.434. The van der Waals surface area contributed by atoms with Crippen molar-refractivity contribution in [3.05, 3.63) is 94.2 Å². The van der Waals surface area contributed by atoms with Gasteiger partial charge in [0.1, 0.15) is 16.5 Å². The van der Waals surface area contributed by atoms with Crippen LogP contribution in [0.3, 0.4) is 0 Å². The molecule has 4 rings (SSSR count). The molecule has 0 saturated heterocycles. The lowest BCUT2D eigenvalue weighted by molar-refractivity contribution is 0.240. The van der Waals surface area contributed by atoms with Crippen molar-refractivity contribution in [2.75, 3.05) is 6.54 Å².